The number of hydrogen-bond acceptors (Lipinski definition) is 1. The minimum atomic E-state index is -0.728. The van der Waals surface area contributed by atoms with Crippen LogP contribution in [0, 0.1) is 11.6 Å². The lowest BCUT2D eigenvalue weighted by atomic mass is 10.2. The van der Waals surface area contributed by atoms with E-state index in [-0.39, 0.29) is 11.4 Å². The molecule has 2 nitrogen and oxygen atoms in total. The molecule has 2 aromatic carbocycles. The molecule has 0 saturated heterocycles. The molecule has 0 amide bonds. The van der Waals surface area contributed by atoms with Crippen molar-refractivity contribution in [3.8, 4) is 0 Å². The van der Waals surface area contributed by atoms with E-state index in [0.29, 0.717) is 5.69 Å². The summed E-state index contributed by atoms with van der Waals surface area (Å²) in [5.41, 5.74) is 5.85. The van der Waals surface area contributed by atoms with Gasteiger partial charge in [0.1, 0.15) is 17.5 Å². The van der Waals surface area contributed by atoms with Crippen LogP contribution in [0.5, 0.6) is 0 Å². The van der Waals surface area contributed by atoms with Gasteiger partial charge in [0.05, 0.1) is 11.3 Å². The van der Waals surface area contributed by atoms with Crippen LogP contribution in [0.15, 0.2) is 51.9 Å². The van der Waals surface area contributed by atoms with E-state index >= 15 is 0 Å². The van der Waals surface area contributed by atoms with Crippen molar-refractivity contribution in [3.63, 3.8) is 0 Å². The van der Waals surface area contributed by atoms with Crippen LogP contribution in [0.2, 0.25) is 0 Å². The van der Waals surface area contributed by atoms with Crippen LogP contribution in [0.1, 0.15) is 5.56 Å². The first-order valence-corrected chi connectivity index (χ1v) is 5.91. The normalized spacial score (nSPS) is 11.6. The van der Waals surface area contributed by atoms with Gasteiger partial charge in [0, 0.05) is 4.47 Å². The number of hydrogen-bond donors (Lipinski definition) is 1. The average molecular weight is 311 g/mol. The highest BCUT2D eigenvalue weighted by atomic mass is 79.9. The number of amidine groups is 1. The molecule has 0 fully saturated rings. The molecule has 2 N–H and O–H groups in total. The van der Waals surface area contributed by atoms with E-state index < -0.39 is 11.6 Å². The standard InChI is InChI=1S/C13H9BrF2N2/c14-8-4-6-9(7-5-8)18-13(17)12-10(15)2-1-3-11(12)16/h1-7H,(H2,17,18). The SMILES string of the molecule is NC(=Nc1ccc(Br)cc1)c1c(F)cccc1F. The third-order valence-corrected chi connectivity index (χ3v) is 2.82. The number of nitrogens with two attached hydrogens (primary N) is 1. The van der Waals surface area contributed by atoms with Gasteiger partial charge in [0.25, 0.3) is 0 Å². The van der Waals surface area contributed by atoms with Crippen molar-refractivity contribution in [3.05, 3.63) is 64.1 Å². The van der Waals surface area contributed by atoms with Crippen LogP contribution in [0.3, 0.4) is 0 Å². The fourth-order valence-electron chi connectivity index (χ4n) is 1.45. The molecule has 0 bridgehead atoms. The Kier molecular flexibility index (Phi) is 3.72. The topological polar surface area (TPSA) is 38.4 Å². The second-order valence-corrected chi connectivity index (χ2v) is 4.49. The highest BCUT2D eigenvalue weighted by Gasteiger charge is 2.12. The molecule has 0 unspecified atom stereocenters. The molecule has 5 heteroatoms. The number of nitrogens with zero attached hydrogens (tertiary/aromatic N) is 1. The number of halogens is 3. The number of rotatable bonds is 2. The third-order valence-electron chi connectivity index (χ3n) is 2.30. The van der Waals surface area contributed by atoms with E-state index in [4.69, 9.17) is 5.73 Å². The summed E-state index contributed by atoms with van der Waals surface area (Å²) >= 11 is 3.28. The Morgan fingerprint density at radius 3 is 2.11 bits per heavy atom. The van der Waals surface area contributed by atoms with Gasteiger partial charge in [-0.25, -0.2) is 13.8 Å². The monoisotopic (exact) mass is 310 g/mol. The maximum atomic E-state index is 13.5. The van der Waals surface area contributed by atoms with Crippen molar-refractivity contribution in [2.75, 3.05) is 0 Å². The second-order valence-electron chi connectivity index (χ2n) is 3.57. The lowest BCUT2D eigenvalue weighted by Gasteiger charge is -2.04. The molecule has 0 aliphatic heterocycles. The third kappa shape index (κ3) is 2.73. The minimum Gasteiger partial charge on any atom is -0.383 e. The van der Waals surface area contributed by atoms with Crippen LogP contribution in [-0.2, 0) is 0 Å². The first kappa shape index (κ1) is 12.7. The Balaban J connectivity index is 2.42. The van der Waals surface area contributed by atoms with E-state index in [9.17, 15) is 8.78 Å². The van der Waals surface area contributed by atoms with Gasteiger partial charge in [0.2, 0.25) is 0 Å². The van der Waals surface area contributed by atoms with Crippen molar-refractivity contribution in [2.24, 2.45) is 10.7 Å². The molecular formula is C13H9BrF2N2. The summed E-state index contributed by atoms with van der Waals surface area (Å²) in [6.45, 7) is 0. The summed E-state index contributed by atoms with van der Waals surface area (Å²) in [5, 5.41) is 0. The Morgan fingerprint density at radius 2 is 1.56 bits per heavy atom. The van der Waals surface area contributed by atoms with Gasteiger partial charge in [0.15, 0.2) is 0 Å². The van der Waals surface area contributed by atoms with Crippen LogP contribution >= 0.6 is 15.9 Å². The summed E-state index contributed by atoms with van der Waals surface area (Å²) in [5.74, 6) is -1.64. The molecule has 0 aromatic heterocycles. The van der Waals surface area contributed by atoms with E-state index in [2.05, 4.69) is 20.9 Å². The van der Waals surface area contributed by atoms with Crippen LogP contribution < -0.4 is 5.73 Å². The maximum Gasteiger partial charge on any atom is 0.137 e. The maximum absolute atomic E-state index is 13.5. The molecule has 0 aliphatic carbocycles. The average Bonchev–Trinajstić information content (AvgIpc) is 2.32. The van der Waals surface area contributed by atoms with Gasteiger partial charge in [-0.1, -0.05) is 22.0 Å². The van der Waals surface area contributed by atoms with Crippen molar-refractivity contribution < 1.29 is 8.78 Å². The summed E-state index contributed by atoms with van der Waals surface area (Å²) < 4.78 is 27.8. The molecule has 0 saturated carbocycles. The Hall–Kier alpha value is -1.75. The van der Waals surface area contributed by atoms with E-state index in [1.165, 1.54) is 6.07 Å². The highest BCUT2D eigenvalue weighted by molar-refractivity contribution is 9.10. The summed E-state index contributed by atoms with van der Waals surface area (Å²) in [6, 6.07) is 10.5. The van der Waals surface area contributed by atoms with Gasteiger partial charge >= 0.3 is 0 Å². The van der Waals surface area contributed by atoms with Crippen LogP contribution in [0.4, 0.5) is 14.5 Å². The van der Waals surface area contributed by atoms with E-state index in [1.807, 2.05) is 0 Å². The van der Waals surface area contributed by atoms with Crippen LogP contribution in [0.25, 0.3) is 0 Å². The summed E-state index contributed by atoms with van der Waals surface area (Å²) in [4.78, 5) is 3.99. The molecule has 2 rings (SSSR count). The van der Waals surface area contributed by atoms with Gasteiger partial charge < -0.3 is 5.73 Å². The molecule has 0 heterocycles. The predicted molar refractivity (Wildman–Crippen MR) is 70.9 cm³/mol. The zero-order valence-corrected chi connectivity index (χ0v) is 10.8. The molecule has 0 aliphatic rings. The Morgan fingerprint density at radius 1 is 1.00 bits per heavy atom. The van der Waals surface area contributed by atoms with Crippen molar-refractivity contribution >= 4 is 27.5 Å². The lowest BCUT2D eigenvalue weighted by Crippen LogP contribution is -2.16. The quantitative estimate of drug-likeness (QED) is 0.665. The summed E-state index contributed by atoms with van der Waals surface area (Å²) in [7, 11) is 0. The predicted octanol–water partition coefficient (Wildman–Crippen LogP) is 3.76. The fraction of sp³-hybridized carbons (Fsp3) is 0. The number of benzene rings is 2. The Bertz CT molecular complexity index is 574. The van der Waals surface area contributed by atoms with Crippen molar-refractivity contribution in [1.82, 2.24) is 0 Å². The molecule has 92 valence electrons. The molecule has 0 atom stereocenters. The minimum absolute atomic E-state index is 0.187. The highest BCUT2D eigenvalue weighted by Crippen LogP contribution is 2.19. The largest absolute Gasteiger partial charge is 0.383 e. The van der Waals surface area contributed by atoms with Crippen molar-refractivity contribution in [1.29, 1.82) is 0 Å². The van der Waals surface area contributed by atoms with Gasteiger partial charge in [-0.15, -0.1) is 0 Å². The zero-order valence-electron chi connectivity index (χ0n) is 9.20. The molecule has 0 spiro atoms. The first-order valence-electron chi connectivity index (χ1n) is 5.12. The molecule has 2 aromatic rings. The van der Waals surface area contributed by atoms with E-state index in [0.717, 1.165) is 16.6 Å². The molecule has 0 radical (unpaired) electrons. The van der Waals surface area contributed by atoms with Crippen molar-refractivity contribution in [2.45, 2.75) is 0 Å². The molecular weight excluding hydrogens is 302 g/mol. The molecule has 18 heavy (non-hydrogen) atoms. The second kappa shape index (κ2) is 5.27. The smallest absolute Gasteiger partial charge is 0.137 e. The Labute approximate surface area is 111 Å². The van der Waals surface area contributed by atoms with Gasteiger partial charge in [-0.05, 0) is 36.4 Å². The fourth-order valence-corrected chi connectivity index (χ4v) is 1.72. The summed E-state index contributed by atoms with van der Waals surface area (Å²) in [6.07, 6.45) is 0. The number of aliphatic imine (C=N–C) groups is 1. The van der Waals surface area contributed by atoms with Gasteiger partial charge in [-0.2, -0.15) is 0 Å². The lowest BCUT2D eigenvalue weighted by molar-refractivity contribution is 0.579. The zero-order chi connectivity index (χ0) is 13.1. The first-order chi connectivity index (χ1) is 8.58. The van der Waals surface area contributed by atoms with Crippen LogP contribution in [-0.4, -0.2) is 5.84 Å². The van der Waals surface area contributed by atoms with E-state index in [1.54, 1.807) is 24.3 Å². The van der Waals surface area contributed by atoms with Gasteiger partial charge in [-0.3, -0.25) is 0 Å².